The maximum Gasteiger partial charge on any atom is 0.332 e. The molecule has 24 heavy (non-hydrogen) atoms. The SMILES string of the molecule is Cn1c(=O)c2c(SCC(=O)O)nc(-c3ccco3)nc2n(C)c1=O. The number of aryl methyl sites for hydroxylation is 1. The van der Waals surface area contributed by atoms with Crippen molar-refractivity contribution in [2.24, 2.45) is 14.1 Å². The predicted octanol–water partition coefficient (Wildman–Crippen LogP) is 0.464. The van der Waals surface area contributed by atoms with Crippen LogP contribution in [0.4, 0.5) is 0 Å². The van der Waals surface area contributed by atoms with Crippen LogP contribution in [0.2, 0.25) is 0 Å². The summed E-state index contributed by atoms with van der Waals surface area (Å²) in [4.78, 5) is 43.9. The molecule has 0 unspecified atom stereocenters. The smallest absolute Gasteiger partial charge is 0.332 e. The van der Waals surface area contributed by atoms with Gasteiger partial charge >= 0.3 is 11.7 Å². The van der Waals surface area contributed by atoms with Crippen molar-refractivity contribution in [2.45, 2.75) is 5.03 Å². The second-order valence-corrected chi connectivity index (χ2v) is 5.88. The Kier molecular flexibility index (Phi) is 3.97. The van der Waals surface area contributed by atoms with Crippen molar-refractivity contribution in [2.75, 3.05) is 5.75 Å². The van der Waals surface area contributed by atoms with Gasteiger partial charge in [0.25, 0.3) is 5.56 Å². The zero-order valence-corrected chi connectivity index (χ0v) is 13.5. The third-order valence-corrected chi connectivity index (χ3v) is 4.30. The highest BCUT2D eigenvalue weighted by molar-refractivity contribution is 8.00. The molecule has 3 rings (SSSR count). The first-order chi connectivity index (χ1) is 11.4. The number of hydrogen-bond donors (Lipinski definition) is 1. The molecule has 0 aliphatic carbocycles. The van der Waals surface area contributed by atoms with Crippen LogP contribution >= 0.6 is 11.8 Å². The molecule has 0 bridgehead atoms. The van der Waals surface area contributed by atoms with E-state index in [1.807, 2.05) is 0 Å². The lowest BCUT2D eigenvalue weighted by atomic mass is 10.3. The molecular weight excluding hydrogens is 336 g/mol. The lowest BCUT2D eigenvalue weighted by Gasteiger charge is -2.10. The number of carboxylic acid groups (broad SMARTS) is 1. The molecule has 0 atom stereocenters. The fourth-order valence-electron chi connectivity index (χ4n) is 2.18. The van der Waals surface area contributed by atoms with E-state index >= 15 is 0 Å². The zero-order chi connectivity index (χ0) is 17.4. The van der Waals surface area contributed by atoms with Gasteiger partial charge in [-0.1, -0.05) is 11.8 Å². The van der Waals surface area contributed by atoms with Gasteiger partial charge in [-0.3, -0.25) is 18.7 Å². The summed E-state index contributed by atoms with van der Waals surface area (Å²) >= 11 is 0.886. The van der Waals surface area contributed by atoms with E-state index in [9.17, 15) is 14.4 Å². The summed E-state index contributed by atoms with van der Waals surface area (Å²) in [7, 11) is 2.82. The van der Waals surface area contributed by atoms with Gasteiger partial charge in [-0.05, 0) is 12.1 Å². The monoisotopic (exact) mass is 348 g/mol. The van der Waals surface area contributed by atoms with Crippen LogP contribution in [-0.2, 0) is 18.9 Å². The summed E-state index contributed by atoms with van der Waals surface area (Å²) in [5, 5.41) is 9.18. The lowest BCUT2D eigenvalue weighted by Crippen LogP contribution is -2.37. The van der Waals surface area contributed by atoms with Gasteiger partial charge in [0.05, 0.1) is 12.0 Å². The molecule has 0 fully saturated rings. The Morgan fingerprint density at radius 2 is 2.04 bits per heavy atom. The number of furan rings is 1. The molecule has 0 amide bonds. The van der Waals surface area contributed by atoms with E-state index in [0.717, 1.165) is 16.3 Å². The van der Waals surface area contributed by atoms with E-state index in [0.29, 0.717) is 5.76 Å². The number of hydrogen-bond acceptors (Lipinski definition) is 7. The third-order valence-electron chi connectivity index (χ3n) is 3.34. The van der Waals surface area contributed by atoms with Gasteiger partial charge in [-0.15, -0.1) is 0 Å². The number of rotatable bonds is 4. The van der Waals surface area contributed by atoms with Crippen LogP contribution in [0.3, 0.4) is 0 Å². The van der Waals surface area contributed by atoms with Crippen molar-refractivity contribution in [3.63, 3.8) is 0 Å². The minimum atomic E-state index is -1.05. The Hall–Kier alpha value is -2.88. The number of aromatic nitrogens is 4. The summed E-state index contributed by atoms with van der Waals surface area (Å²) < 4.78 is 7.40. The summed E-state index contributed by atoms with van der Waals surface area (Å²) in [5.41, 5.74) is -0.991. The highest BCUT2D eigenvalue weighted by atomic mass is 32.2. The molecule has 3 aromatic rings. The maximum absolute atomic E-state index is 12.5. The van der Waals surface area contributed by atoms with Crippen molar-refractivity contribution < 1.29 is 14.3 Å². The fourth-order valence-corrected chi connectivity index (χ4v) is 2.91. The molecule has 10 heteroatoms. The minimum absolute atomic E-state index is 0.0983. The van der Waals surface area contributed by atoms with Crippen LogP contribution in [0.1, 0.15) is 0 Å². The van der Waals surface area contributed by atoms with Gasteiger partial charge in [0, 0.05) is 14.1 Å². The molecule has 0 aliphatic rings. The van der Waals surface area contributed by atoms with Gasteiger partial charge in [0.15, 0.2) is 17.2 Å². The number of thioether (sulfide) groups is 1. The van der Waals surface area contributed by atoms with Crippen molar-refractivity contribution in [3.05, 3.63) is 39.2 Å². The van der Waals surface area contributed by atoms with E-state index in [2.05, 4.69) is 9.97 Å². The first-order valence-corrected chi connectivity index (χ1v) is 7.75. The molecule has 3 heterocycles. The van der Waals surface area contributed by atoms with Crippen LogP contribution in [0.5, 0.6) is 0 Å². The molecule has 0 aliphatic heterocycles. The molecule has 0 spiro atoms. The normalized spacial score (nSPS) is 11.1. The van der Waals surface area contributed by atoms with Gasteiger partial charge in [-0.2, -0.15) is 0 Å². The number of carbonyl (C=O) groups is 1. The van der Waals surface area contributed by atoms with Crippen LogP contribution in [-0.4, -0.2) is 35.9 Å². The van der Waals surface area contributed by atoms with Gasteiger partial charge < -0.3 is 9.52 Å². The van der Waals surface area contributed by atoms with E-state index < -0.39 is 17.2 Å². The zero-order valence-electron chi connectivity index (χ0n) is 12.7. The summed E-state index contributed by atoms with van der Waals surface area (Å²) in [6, 6.07) is 3.28. The van der Waals surface area contributed by atoms with Crippen LogP contribution in [0.25, 0.3) is 22.6 Å². The first-order valence-electron chi connectivity index (χ1n) is 6.76. The fraction of sp³-hybridized carbons (Fsp3) is 0.214. The van der Waals surface area contributed by atoms with Gasteiger partial charge in [0.1, 0.15) is 10.4 Å². The highest BCUT2D eigenvalue weighted by Crippen LogP contribution is 2.26. The van der Waals surface area contributed by atoms with Crippen molar-refractivity contribution in [3.8, 4) is 11.6 Å². The lowest BCUT2D eigenvalue weighted by molar-refractivity contribution is -0.133. The Bertz CT molecular complexity index is 1050. The Morgan fingerprint density at radius 1 is 1.29 bits per heavy atom. The topological polar surface area (TPSA) is 120 Å². The Balaban J connectivity index is 2.38. The molecule has 0 saturated carbocycles. The number of nitrogens with zero attached hydrogens (tertiary/aromatic N) is 4. The molecular formula is C14H12N4O5S. The average Bonchev–Trinajstić information content (AvgIpc) is 3.09. The molecule has 0 aromatic carbocycles. The molecule has 3 aromatic heterocycles. The highest BCUT2D eigenvalue weighted by Gasteiger charge is 2.19. The third kappa shape index (κ3) is 2.60. The maximum atomic E-state index is 12.5. The van der Waals surface area contributed by atoms with Crippen molar-refractivity contribution in [1.82, 2.24) is 19.1 Å². The van der Waals surface area contributed by atoms with Gasteiger partial charge in [0.2, 0.25) is 0 Å². The number of aliphatic carboxylic acids is 1. The quantitative estimate of drug-likeness (QED) is 0.533. The molecule has 124 valence electrons. The van der Waals surface area contributed by atoms with E-state index in [1.165, 1.54) is 24.9 Å². The molecule has 0 saturated heterocycles. The largest absolute Gasteiger partial charge is 0.481 e. The molecule has 0 radical (unpaired) electrons. The van der Waals surface area contributed by atoms with E-state index in [1.54, 1.807) is 12.1 Å². The second kappa shape index (κ2) is 5.96. The number of fused-ring (bicyclic) bond motifs is 1. The van der Waals surface area contributed by atoms with Crippen molar-refractivity contribution >= 4 is 28.8 Å². The van der Waals surface area contributed by atoms with Gasteiger partial charge in [-0.25, -0.2) is 14.8 Å². The Labute approximate surface area is 138 Å². The van der Waals surface area contributed by atoms with E-state index in [-0.39, 0.29) is 27.6 Å². The van der Waals surface area contributed by atoms with E-state index in [4.69, 9.17) is 9.52 Å². The molecule has 1 N–H and O–H groups in total. The summed E-state index contributed by atoms with van der Waals surface area (Å²) in [5.74, 6) is -0.811. The second-order valence-electron chi connectivity index (χ2n) is 4.92. The van der Waals surface area contributed by atoms with Crippen LogP contribution in [0.15, 0.2) is 37.4 Å². The van der Waals surface area contributed by atoms with Crippen molar-refractivity contribution in [1.29, 1.82) is 0 Å². The first kappa shape index (κ1) is 16.0. The van der Waals surface area contributed by atoms with Crippen LogP contribution in [0, 0.1) is 0 Å². The summed E-state index contributed by atoms with van der Waals surface area (Å²) in [6.45, 7) is 0. The Morgan fingerprint density at radius 3 is 2.67 bits per heavy atom. The summed E-state index contributed by atoms with van der Waals surface area (Å²) in [6.07, 6.45) is 1.44. The van der Waals surface area contributed by atoms with Crippen LogP contribution < -0.4 is 11.2 Å². The minimum Gasteiger partial charge on any atom is -0.481 e. The number of carboxylic acids is 1. The average molecular weight is 348 g/mol. The molecule has 9 nitrogen and oxygen atoms in total. The standard InChI is InChI=1S/C14H12N4O5S/c1-17-11-9(13(21)18(2)14(17)22)12(24-6-8(19)20)16-10(15-11)7-4-3-5-23-7/h3-5H,6H2,1-2H3,(H,19,20). The predicted molar refractivity (Wildman–Crippen MR) is 86.1 cm³/mol.